The van der Waals surface area contributed by atoms with Gasteiger partial charge in [-0.15, -0.1) is 0 Å². The molecule has 1 amide bonds. The summed E-state index contributed by atoms with van der Waals surface area (Å²) in [6.45, 7) is 2.67. The summed E-state index contributed by atoms with van der Waals surface area (Å²) in [7, 11) is 1.62. The zero-order chi connectivity index (χ0) is 31.5. The number of nitrogens with zero attached hydrogens (tertiary/aromatic N) is 3. The van der Waals surface area contributed by atoms with Crippen LogP contribution >= 0.6 is 23.2 Å². The van der Waals surface area contributed by atoms with Gasteiger partial charge in [0.25, 0.3) is 0 Å². The molecule has 4 heterocycles. The highest BCUT2D eigenvalue weighted by atomic mass is 35.5. The van der Waals surface area contributed by atoms with E-state index in [1.807, 2.05) is 35.2 Å². The van der Waals surface area contributed by atoms with Crippen LogP contribution in [0.25, 0.3) is 22.4 Å². The lowest BCUT2D eigenvalue weighted by Gasteiger charge is -2.35. The maximum absolute atomic E-state index is 15.4. The quantitative estimate of drug-likeness (QED) is 0.167. The molecule has 4 N–H and O–H groups in total. The zero-order valence-corrected chi connectivity index (χ0v) is 26.1. The lowest BCUT2D eigenvalue weighted by atomic mass is 10.0. The van der Waals surface area contributed by atoms with Crippen molar-refractivity contribution < 1.29 is 19.0 Å². The second-order valence-electron chi connectivity index (χ2n) is 11.3. The van der Waals surface area contributed by atoms with Gasteiger partial charge >= 0.3 is 0 Å². The molecular formula is C33H33Cl2FN6O3. The first-order valence-corrected chi connectivity index (χ1v) is 15.5. The van der Waals surface area contributed by atoms with Crippen LogP contribution in [-0.4, -0.2) is 64.8 Å². The van der Waals surface area contributed by atoms with Crippen molar-refractivity contribution in [3.8, 4) is 28.1 Å². The Labute approximate surface area is 270 Å². The number of ether oxygens (including phenoxy) is 1. The minimum atomic E-state index is -0.470. The van der Waals surface area contributed by atoms with Crippen LogP contribution in [0.2, 0.25) is 10.0 Å². The maximum Gasteiger partial charge on any atom is 0.220 e. The fraction of sp³-hybridized carbons (Fsp3) is 0.303. The highest BCUT2D eigenvalue weighted by Gasteiger charge is 2.26. The molecule has 2 aliphatic rings. The van der Waals surface area contributed by atoms with E-state index in [2.05, 4.69) is 25.9 Å². The van der Waals surface area contributed by atoms with E-state index in [0.717, 1.165) is 17.5 Å². The normalized spacial score (nSPS) is 16.8. The van der Waals surface area contributed by atoms with Crippen molar-refractivity contribution in [3.63, 3.8) is 0 Å². The van der Waals surface area contributed by atoms with E-state index in [0.29, 0.717) is 83.0 Å². The first-order chi connectivity index (χ1) is 21.8. The number of benzene rings is 2. The van der Waals surface area contributed by atoms with E-state index in [9.17, 15) is 9.90 Å². The third-order valence-corrected chi connectivity index (χ3v) is 8.87. The van der Waals surface area contributed by atoms with Crippen LogP contribution in [0.1, 0.15) is 24.0 Å². The first-order valence-electron chi connectivity index (χ1n) is 14.7. The maximum atomic E-state index is 15.4. The minimum absolute atomic E-state index is 0.0591. The lowest BCUT2D eigenvalue weighted by Crippen LogP contribution is -2.49. The molecule has 0 radical (unpaired) electrons. The number of methoxy groups -OCH3 is 1. The van der Waals surface area contributed by atoms with Crippen LogP contribution in [0.4, 0.5) is 15.9 Å². The highest BCUT2D eigenvalue weighted by molar-refractivity contribution is 6.39. The molecule has 12 heteroatoms. The molecule has 2 aliphatic heterocycles. The Morgan fingerprint density at radius 1 is 1.07 bits per heavy atom. The molecule has 6 rings (SSSR count). The molecule has 0 spiro atoms. The van der Waals surface area contributed by atoms with Crippen LogP contribution in [0.15, 0.2) is 60.9 Å². The summed E-state index contributed by atoms with van der Waals surface area (Å²) in [4.78, 5) is 22.2. The Bertz CT molecular complexity index is 1720. The van der Waals surface area contributed by atoms with Gasteiger partial charge in [0.15, 0.2) is 11.6 Å². The number of hydrogen-bond acceptors (Lipinski definition) is 8. The van der Waals surface area contributed by atoms with Gasteiger partial charge in [0, 0.05) is 85.4 Å². The molecule has 0 aliphatic carbocycles. The largest absolute Gasteiger partial charge is 0.496 e. The van der Waals surface area contributed by atoms with Gasteiger partial charge < -0.3 is 25.8 Å². The van der Waals surface area contributed by atoms with Crippen LogP contribution in [-0.2, 0) is 17.9 Å². The first kappa shape index (κ1) is 31.2. The fourth-order valence-electron chi connectivity index (χ4n) is 5.67. The molecule has 2 aromatic carbocycles. The Hall–Kier alpha value is -3.80. The van der Waals surface area contributed by atoms with Crippen molar-refractivity contribution in [1.82, 2.24) is 25.5 Å². The number of aliphatic hydroxyl groups excluding tert-OH is 1. The summed E-state index contributed by atoms with van der Waals surface area (Å²) in [5.74, 6) is 0.368. The highest BCUT2D eigenvalue weighted by Crippen LogP contribution is 2.42. The topological polar surface area (TPSA) is 112 Å². The van der Waals surface area contributed by atoms with Crippen molar-refractivity contribution in [2.75, 3.05) is 32.1 Å². The van der Waals surface area contributed by atoms with E-state index in [-0.39, 0.29) is 23.9 Å². The number of β-amino-alcohol motifs (C(OH)–C–C–N with tert-alkyl or cyclic N) is 1. The monoisotopic (exact) mass is 650 g/mol. The molecule has 0 unspecified atom stereocenters. The fourth-order valence-corrected chi connectivity index (χ4v) is 6.27. The summed E-state index contributed by atoms with van der Waals surface area (Å²) in [6, 6.07) is 14.8. The standard InChI is InChI=1S/C33H33Cl2FN6O3/c1-45-27-13-19(5-6-20(27)14-37-15-22-7-8-28(44)40-22)32-30(35)25(10-12-38-32)24-3-2-4-26(29(24)34)41-33-31(36)21(9-11-39-33)16-42-17-23(43)18-42/h2-6,9-13,22-23,37,43H,7-8,14-18H2,1H3,(H,39,41)(H,40,44)/t22-/m1/s1. The Morgan fingerprint density at radius 3 is 2.62 bits per heavy atom. The number of pyridine rings is 2. The Balaban J connectivity index is 1.21. The second-order valence-corrected chi connectivity index (χ2v) is 12.0. The number of carbonyl (C=O) groups is 1. The van der Waals surface area contributed by atoms with E-state index >= 15 is 4.39 Å². The lowest BCUT2D eigenvalue weighted by molar-refractivity contribution is -0.119. The van der Waals surface area contributed by atoms with E-state index < -0.39 is 5.82 Å². The number of nitrogens with one attached hydrogen (secondary N) is 3. The predicted octanol–water partition coefficient (Wildman–Crippen LogP) is 5.55. The van der Waals surface area contributed by atoms with Crippen molar-refractivity contribution in [2.45, 2.75) is 38.1 Å². The van der Waals surface area contributed by atoms with E-state index in [1.54, 1.807) is 37.7 Å². The van der Waals surface area contributed by atoms with Gasteiger partial charge in [-0.1, -0.05) is 47.5 Å². The molecule has 2 fully saturated rings. The van der Waals surface area contributed by atoms with Crippen LogP contribution in [0, 0.1) is 5.82 Å². The third kappa shape index (κ3) is 6.90. The molecule has 1 atom stereocenters. The third-order valence-electron chi connectivity index (χ3n) is 8.08. The van der Waals surface area contributed by atoms with Gasteiger partial charge in [0.1, 0.15) is 5.75 Å². The number of rotatable bonds is 11. The van der Waals surface area contributed by atoms with Crippen molar-refractivity contribution in [1.29, 1.82) is 0 Å². The molecule has 234 valence electrons. The molecule has 2 aromatic heterocycles. The van der Waals surface area contributed by atoms with Crippen molar-refractivity contribution in [2.24, 2.45) is 0 Å². The summed E-state index contributed by atoms with van der Waals surface area (Å²) in [5, 5.41) is 19.7. The summed E-state index contributed by atoms with van der Waals surface area (Å²) >= 11 is 13.8. The van der Waals surface area contributed by atoms with Gasteiger partial charge in [-0.25, -0.2) is 9.37 Å². The Kier molecular flexibility index (Phi) is 9.48. The number of hydrogen-bond donors (Lipinski definition) is 4. The van der Waals surface area contributed by atoms with Gasteiger partial charge in [-0.3, -0.25) is 14.7 Å². The zero-order valence-electron chi connectivity index (χ0n) is 24.6. The molecule has 0 bridgehead atoms. The number of aromatic nitrogens is 2. The molecule has 9 nitrogen and oxygen atoms in total. The summed E-state index contributed by atoms with van der Waals surface area (Å²) < 4.78 is 21.1. The van der Waals surface area contributed by atoms with Gasteiger partial charge in [0.2, 0.25) is 5.91 Å². The Morgan fingerprint density at radius 2 is 1.87 bits per heavy atom. The van der Waals surface area contributed by atoms with Crippen LogP contribution in [0.5, 0.6) is 5.75 Å². The smallest absolute Gasteiger partial charge is 0.220 e. The summed E-state index contributed by atoms with van der Waals surface area (Å²) in [5.41, 5.74) is 4.56. The number of amides is 1. The van der Waals surface area contributed by atoms with Gasteiger partial charge in [-0.05, 0) is 30.7 Å². The van der Waals surface area contributed by atoms with Gasteiger partial charge in [0.05, 0.1) is 34.6 Å². The van der Waals surface area contributed by atoms with Crippen LogP contribution in [0.3, 0.4) is 0 Å². The van der Waals surface area contributed by atoms with E-state index in [1.165, 1.54) is 0 Å². The van der Waals surface area contributed by atoms with Crippen LogP contribution < -0.4 is 20.7 Å². The molecule has 2 saturated heterocycles. The molecule has 45 heavy (non-hydrogen) atoms. The van der Waals surface area contributed by atoms with E-state index in [4.69, 9.17) is 27.9 Å². The number of carbonyl (C=O) groups excluding carboxylic acids is 1. The predicted molar refractivity (Wildman–Crippen MR) is 173 cm³/mol. The van der Waals surface area contributed by atoms with Crippen molar-refractivity contribution in [3.05, 3.63) is 87.9 Å². The van der Waals surface area contributed by atoms with Crippen molar-refractivity contribution >= 4 is 40.6 Å². The van der Waals surface area contributed by atoms with Gasteiger partial charge in [-0.2, -0.15) is 0 Å². The average molecular weight is 652 g/mol. The second kappa shape index (κ2) is 13.7. The molecular weight excluding hydrogens is 618 g/mol. The molecule has 0 saturated carbocycles. The molecule has 4 aromatic rings. The number of likely N-dealkylation sites (tertiary alicyclic amines) is 1. The average Bonchev–Trinajstić information content (AvgIpc) is 3.44. The number of anilines is 2. The number of halogens is 3. The minimum Gasteiger partial charge on any atom is -0.496 e. The number of aliphatic hydroxyl groups is 1. The summed E-state index contributed by atoms with van der Waals surface area (Å²) in [6.07, 6.45) is 4.25. The SMILES string of the molecule is COc1cc(-c2nccc(-c3cccc(Nc4nccc(CN5CC(O)C5)c4F)c3Cl)c2Cl)ccc1CNC[C@H]1CCC(=O)N1.